The highest BCUT2D eigenvalue weighted by Crippen LogP contribution is 2.24. The largest absolute Gasteiger partial charge is 0.304 e. The van der Waals surface area contributed by atoms with Gasteiger partial charge in [-0.2, -0.15) is 0 Å². The molecule has 0 aliphatic carbocycles. The van der Waals surface area contributed by atoms with Crippen molar-refractivity contribution in [3.8, 4) is 0 Å². The van der Waals surface area contributed by atoms with Crippen LogP contribution in [0, 0.1) is 27.7 Å². The van der Waals surface area contributed by atoms with E-state index < -0.39 is 0 Å². The highest BCUT2D eigenvalue weighted by Gasteiger charge is 2.16. The van der Waals surface area contributed by atoms with Crippen LogP contribution in [0.2, 0.25) is 0 Å². The first-order valence-corrected chi connectivity index (χ1v) is 7.66. The van der Waals surface area contributed by atoms with Crippen molar-refractivity contribution in [1.29, 1.82) is 0 Å². The number of aromatic nitrogens is 1. The Balaban J connectivity index is 2.20. The van der Waals surface area contributed by atoms with Crippen molar-refractivity contribution in [2.45, 2.75) is 53.6 Å². The van der Waals surface area contributed by atoms with Crippen LogP contribution in [0.3, 0.4) is 0 Å². The number of rotatable bonds is 4. The second kappa shape index (κ2) is 6.40. The Hall–Kier alpha value is -1.67. The molecule has 2 aromatic rings. The van der Waals surface area contributed by atoms with E-state index in [9.17, 15) is 0 Å². The smallest absolute Gasteiger partial charge is 0.0426 e. The molecule has 0 aliphatic heterocycles. The van der Waals surface area contributed by atoms with Crippen LogP contribution in [0.5, 0.6) is 0 Å². The van der Waals surface area contributed by atoms with Crippen LogP contribution in [0.1, 0.15) is 59.6 Å². The first-order valence-electron chi connectivity index (χ1n) is 7.66. The topological polar surface area (TPSA) is 24.9 Å². The summed E-state index contributed by atoms with van der Waals surface area (Å²) >= 11 is 0. The zero-order valence-electron chi connectivity index (χ0n) is 14.0. The van der Waals surface area contributed by atoms with Gasteiger partial charge in [0.05, 0.1) is 0 Å². The summed E-state index contributed by atoms with van der Waals surface area (Å²) in [4.78, 5) is 4.61. The molecule has 2 atom stereocenters. The van der Waals surface area contributed by atoms with Gasteiger partial charge in [0, 0.05) is 23.5 Å². The number of nitrogens with one attached hydrogen (secondary N) is 1. The highest BCUT2D eigenvalue weighted by atomic mass is 14.9. The summed E-state index contributed by atoms with van der Waals surface area (Å²) < 4.78 is 0. The van der Waals surface area contributed by atoms with Crippen molar-refractivity contribution in [3.05, 3.63) is 64.0 Å². The lowest BCUT2D eigenvalue weighted by Gasteiger charge is -2.24. The van der Waals surface area contributed by atoms with Crippen molar-refractivity contribution in [1.82, 2.24) is 10.3 Å². The Morgan fingerprint density at radius 1 is 0.952 bits per heavy atom. The van der Waals surface area contributed by atoms with Crippen molar-refractivity contribution in [3.63, 3.8) is 0 Å². The Morgan fingerprint density at radius 3 is 2.29 bits per heavy atom. The van der Waals surface area contributed by atoms with Crippen LogP contribution in [0.25, 0.3) is 0 Å². The van der Waals surface area contributed by atoms with Gasteiger partial charge < -0.3 is 5.32 Å². The van der Waals surface area contributed by atoms with E-state index in [0.29, 0.717) is 6.04 Å². The molecule has 112 valence electrons. The predicted octanol–water partition coefficient (Wildman–Crippen LogP) is 4.73. The molecule has 2 rings (SSSR count). The molecule has 0 saturated carbocycles. The number of nitrogens with zero attached hydrogens (tertiary/aromatic N) is 1. The minimum Gasteiger partial charge on any atom is -0.304 e. The molecule has 0 fully saturated rings. The summed E-state index contributed by atoms with van der Waals surface area (Å²) in [6, 6.07) is 11.5. The standard InChI is InChI=1S/C19H26N2/c1-12-8-7-9-18(10-12)15(4)21-17(6)19-13(2)11-14(3)20-16(19)5/h7-11,15,17,21H,1-6H3/t15-,17?/m1/s1. The summed E-state index contributed by atoms with van der Waals surface area (Å²) in [5.41, 5.74) is 7.49. The first-order chi connectivity index (χ1) is 9.88. The molecule has 1 N–H and O–H groups in total. The van der Waals surface area contributed by atoms with Crippen LogP contribution < -0.4 is 5.32 Å². The van der Waals surface area contributed by atoms with Gasteiger partial charge in [-0.25, -0.2) is 0 Å². The van der Waals surface area contributed by atoms with Gasteiger partial charge in [0.15, 0.2) is 0 Å². The van der Waals surface area contributed by atoms with Crippen LogP contribution in [-0.2, 0) is 0 Å². The fourth-order valence-electron chi connectivity index (χ4n) is 3.18. The molecule has 1 aromatic carbocycles. The number of hydrogen-bond donors (Lipinski definition) is 1. The van der Waals surface area contributed by atoms with E-state index in [2.05, 4.69) is 82.2 Å². The lowest BCUT2D eigenvalue weighted by Crippen LogP contribution is -2.24. The molecular weight excluding hydrogens is 256 g/mol. The molecule has 2 nitrogen and oxygen atoms in total. The number of benzene rings is 1. The molecule has 21 heavy (non-hydrogen) atoms. The van der Waals surface area contributed by atoms with Gasteiger partial charge in [0.1, 0.15) is 0 Å². The summed E-state index contributed by atoms with van der Waals surface area (Å²) in [5, 5.41) is 3.70. The van der Waals surface area contributed by atoms with Gasteiger partial charge in [-0.1, -0.05) is 29.8 Å². The van der Waals surface area contributed by atoms with E-state index >= 15 is 0 Å². The minimum absolute atomic E-state index is 0.286. The zero-order valence-corrected chi connectivity index (χ0v) is 14.0. The van der Waals surface area contributed by atoms with E-state index in [-0.39, 0.29) is 6.04 Å². The summed E-state index contributed by atoms with van der Waals surface area (Å²) in [5.74, 6) is 0. The van der Waals surface area contributed by atoms with Crippen molar-refractivity contribution in [2.24, 2.45) is 0 Å². The van der Waals surface area contributed by atoms with Crippen molar-refractivity contribution >= 4 is 0 Å². The number of pyridine rings is 1. The summed E-state index contributed by atoms with van der Waals surface area (Å²) in [6.07, 6.45) is 0. The van der Waals surface area contributed by atoms with Gasteiger partial charge in [-0.05, 0) is 64.3 Å². The van der Waals surface area contributed by atoms with E-state index in [1.807, 2.05) is 0 Å². The molecule has 0 spiro atoms. The van der Waals surface area contributed by atoms with Crippen LogP contribution >= 0.6 is 0 Å². The predicted molar refractivity (Wildman–Crippen MR) is 89.6 cm³/mol. The van der Waals surface area contributed by atoms with Gasteiger partial charge in [-0.15, -0.1) is 0 Å². The summed E-state index contributed by atoms with van der Waals surface area (Å²) in [7, 11) is 0. The quantitative estimate of drug-likeness (QED) is 0.877. The van der Waals surface area contributed by atoms with Crippen LogP contribution in [0.15, 0.2) is 30.3 Å². The lowest BCUT2D eigenvalue weighted by atomic mass is 9.98. The third-order valence-electron chi connectivity index (χ3n) is 4.06. The maximum absolute atomic E-state index is 4.61. The average molecular weight is 282 g/mol. The monoisotopic (exact) mass is 282 g/mol. The number of hydrogen-bond acceptors (Lipinski definition) is 2. The molecule has 1 unspecified atom stereocenters. The van der Waals surface area contributed by atoms with E-state index in [0.717, 1.165) is 11.4 Å². The maximum atomic E-state index is 4.61. The molecule has 0 amide bonds. The third kappa shape index (κ3) is 3.70. The third-order valence-corrected chi connectivity index (χ3v) is 4.06. The Morgan fingerprint density at radius 2 is 1.67 bits per heavy atom. The van der Waals surface area contributed by atoms with Crippen LogP contribution in [-0.4, -0.2) is 4.98 Å². The number of aryl methyl sites for hydroxylation is 4. The van der Waals surface area contributed by atoms with Gasteiger partial charge in [0.2, 0.25) is 0 Å². The Labute approximate surface area is 128 Å². The van der Waals surface area contributed by atoms with Gasteiger partial charge in [0.25, 0.3) is 0 Å². The summed E-state index contributed by atoms with van der Waals surface area (Å²) in [6.45, 7) is 12.9. The zero-order chi connectivity index (χ0) is 15.6. The Bertz CT molecular complexity index is 608. The normalized spacial score (nSPS) is 14.0. The second-order valence-electron chi connectivity index (χ2n) is 6.10. The highest BCUT2D eigenvalue weighted by molar-refractivity contribution is 5.34. The first kappa shape index (κ1) is 15.7. The fraction of sp³-hybridized carbons (Fsp3) is 0.421. The van der Waals surface area contributed by atoms with Crippen molar-refractivity contribution in [2.75, 3.05) is 0 Å². The molecule has 0 saturated heterocycles. The molecule has 2 heteroatoms. The minimum atomic E-state index is 0.286. The molecule has 0 bridgehead atoms. The molecule has 0 aliphatic rings. The van der Waals surface area contributed by atoms with Crippen molar-refractivity contribution < 1.29 is 0 Å². The average Bonchev–Trinajstić information content (AvgIpc) is 2.37. The fourth-order valence-corrected chi connectivity index (χ4v) is 3.18. The van der Waals surface area contributed by atoms with Crippen LogP contribution in [0.4, 0.5) is 0 Å². The Kier molecular flexibility index (Phi) is 4.79. The van der Waals surface area contributed by atoms with Gasteiger partial charge >= 0.3 is 0 Å². The van der Waals surface area contributed by atoms with E-state index in [1.165, 1.54) is 22.3 Å². The second-order valence-corrected chi connectivity index (χ2v) is 6.10. The molecule has 1 heterocycles. The lowest BCUT2D eigenvalue weighted by molar-refractivity contribution is 0.490. The molecule has 1 aromatic heterocycles. The SMILES string of the molecule is Cc1cccc([C@@H](C)NC(C)c2c(C)cc(C)nc2C)c1. The molecular formula is C19H26N2. The maximum Gasteiger partial charge on any atom is 0.0426 e. The molecule has 0 radical (unpaired) electrons. The van der Waals surface area contributed by atoms with E-state index in [4.69, 9.17) is 0 Å². The van der Waals surface area contributed by atoms with Gasteiger partial charge in [-0.3, -0.25) is 4.98 Å². The van der Waals surface area contributed by atoms with E-state index in [1.54, 1.807) is 0 Å².